The average molecular weight is 743 g/mol. The first-order chi connectivity index (χ1) is 26.6. The van der Waals surface area contributed by atoms with E-state index in [1.165, 1.54) is 50.5 Å². The van der Waals surface area contributed by atoms with Gasteiger partial charge in [-0.1, -0.05) is 109 Å². The molecule has 0 bridgehead atoms. The van der Waals surface area contributed by atoms with Gasteiger partial charge in [0.2, 0.25) is 0 Å². The first-order valence-electron chi connectivity index (χ1n) is 20.9. The molecule has 0 saturated heterocycles. The van der Waals surface area contributed by atoms with Crippen LogP contribution in [0.25, 0.3) is 39.7 Å². The van der Waals surface area contributed by atoms with Gasteiger partial charge in [-0.3, -0.25) is 0 Å². The zero-order valence-electron chi connectivity index (χ0n) is 34.5. The summed E-state index contributed by atoms with van der Waals surface area (Å²) >= 11 is 0. The zero-order valence-corrected chi connectivity index (χ0v) is 34.5. The summed E-state index contributed by atoms with van der Waals surface area (Å²) in [5.41, 5.74) is 8.25. The molecule has 4 atom stereocenters. The molecule has 2 heterocycles. The number of aryl methyl sites for hydroxylation is 1. The maximum Gasteiger partial charge on any atom is 0.165 e. The van der Waals surface area contributed by atoms with Crippen molar-refractivity contribution in [2.24, 2.45) is 17.8 Å². The largest absolute Gasteiger partial charge is 0.507 e. The molecule has 7 heteroatoms. The lowest BCUT2D eigenvalue weighted by Gasteiger charge is -2.19. The highest BCUT2D eigenvalue weighted by molar-refractivity contribution is 5.78. The van der Waals surface area contributed by atoms with E-state index in [1.54, 1.807) is 4.68 Å². The predicted octanol–water partition coefficient (Wildman–Crippen LogP) is 12.6. The summed E-state index contributed by atoms with van der Waals surface area (Å²) in [5, 5.41) is 28.7. The van der Waals surface area contributed by atoms with Gasteiger partial charge < -0.3 is 14.9 Å². The summed E-state index contributed by atoms with van der Waals surface area (Å²) < 4.78 is 8.10. The molecule has 6 rings (SSSR count). The van der Waals surface area contributed by atoms with Gasteiger partial charge in [0.1, 0.15) is 17.2 Å². The van der Waals surface area contributed by atoms with Gasteiger partial charge in [-0.25, -0.2) is 14.6 Å². The molecule has 2 N–H and O–H groups in total. The molecule has 4 unspecified atom stereocenters. The molecular weight excluding hydrogens is 681 g/mol. The number of nitrogens with zero attached hydrogens (tertiary/aromatic N) is 4. The van der Waals surface area contributed by atoms with Crippen molar-refractivity contribution in [3.05, 3.63) is 88.6 Å². The van der Waals surface area contributed by atoms with Crippen LogP contribution < -0.4 is 4.74 Å². The van der Waals surface area contributed by atoms with Gasteiger partial charge >= 0.3 is 0 Å². The van der Waals surface area contributed by atoms with Crippen LogP contribution in [-0.4, -0.2) is 36.6 Å². The predicted molar refractivity (Wildman–Crippen MR) is 225 cm³/mol. The van der Waals surface area contributed by atoms with Crippen LogP contribution in [0, 0.1) is 45.4 Å². The van der Waals surface area contributed by atoms with Gasteiger partial charge in [0.15, 0.2) is 11.6 Å². The van der Waals surface area contributed by atoms with Crippen LogP contribution in [0.1, 0.15) is 126 Å². The number of hydrogen-bond donors (Lipinski definition) is 2. The first kappa shape index (κ1) is 40.0. The van der Waals surface area contributed by atoms with Gasteiger partial charge in [0, 0.05) is 28.5 Å². The normalized spacial score (nSPS) is 16.3. The second-order valence-electron chi connectivity index (χ2n) is 16.1. The number of hydrogen-bond acceptors (Lipinski definition) is 6. The highest BCUT2D eigenvalue weighted by Crippen LogP contribution is 2.54. The van der Waals surface area contributed by atoms with E-state index in [9.17, 15) is 10.2 Å². The van der Waals surface area contributed by atoms with Crippen molar-refractivity contribution in [2.45, 2.75) is 126 Å². The Kier molecular flexibility index (Phi) is 13.0. The first-order valence-corrected chi connectivity index (χ1v) is 20.9. The van der Waals surface area contributed by atoms with E-state index in [0.29, 0.717) is 64.1 Å². The number of aromatic nitrogens is 4. The third-order valence-electron chi connectivity index (χ3n) is 12.2. The van der Waals surface area contributed by atoms with Crippen LogP contribution in [0.4, 0.5) is 0 Å². The van der Waals surface area contributed by atoms with Crippen LogP contribution in [0.15, 0.2) is 60.8 Å². The fourth-order valence-corrected chi connectivity index (χ4v) is 8.29. The van der Waals surface area contributed by atoms with Gasteiger partial charge in [-0.15, -0.1) is 0 Å². The van der Waals surface area contributed by atoms with Crippen molar-refractivity contribution in [2.75, 3.05) is 6.61 Å². The van der Waals surface area contributed by atoms with Gasteiger partial charge in [-0.2, -0.15) is 5.10 Å². The van der Waals surface area contributed by atoms with Crippen molar-refractivity contribution < 1.29 is 14.9 Å². The minimum atomic E-state index is 0.0846. The molecule has 0 amide bonds. The quantitative estimate of drug-likeness (QED) is 0.0928. The van der Waals surface area contributed by atoms with Gasteiger partial charge in [0.25, 0.3) is 0 Å². The van der Waals surface area contributed by atoms with Crippen molar-refractivity contribution in [3.8, 4) is 57.0 Å². The van der Waals surface area contributed by atoms with Crippen LogP contribution in [-0.2, 0) is 0 Å². The molecule has 2 aromatic heterocycles. The Morgan fingerprint density at radius 2 is 1.42 bits per heavy atom. The number of phenols is 2. The summed E-state index contributed by atoms with van der Waals surface area (Å²) in [6, 6.07) is 18.1. The van der Waals surface area contributed by atoms with Crippen molar-refractivity contribution in [1.29, 1.82) is 0 Å². The minimum Gasteiger partial charge on any atom is -0.507 e. The van der Waals surface area contributed by atoms with Gasteiger partial charge in [-0.05, 0) is 106 Å². The molecule has 1 aliphatic carbocycles. The van der Waals surface area contributed by atoms with Crippen LogP contribution >= 0.6 is 0 Å². The van der Waals surface area contributed by atoms with Crippen molar-refractivity contribution in [3.63, 3.8) is 0 Å². The summed E-state index contributed by atoms with van der Waals surface area (Å²) in [6.45, 7) is 17.6. The number of ether oxygens (including phenoxy) is 1. The molecular formula is C48H62N4O3. The lowest BCUT2D eigenvalue weighted by Crippen LogP contribution is -2.12. The molecule has 1 saturated carbocycles. The van der Waals surface area contributed by atoms with Crippen LogP contribution in [0.2, 0.25) is 0 Å². The van der Waals surface area contributed by atoms with Crippen molar-refractivity contribution >= 4 is 0 Å². The zero-order chi connectivity index (χ0) is 39.2. The van der Waals surface area contributed by atoms with E-state index >= 15 is 0 Å². The third kappa shape index (κ3) is 8.77. The van der Waals surface area contributed by atoms with Crippen LogP contribution in [0.5, 0.6) is 17.2 Å². The lowest BCUT2D eigenvalue weighted by molar-refractivity contribution is 0.231. The Morgan fingerprint density at radius 3 is 2.11 bits per heavy atom. The number of benzene rings is 3. The van der Waals surface area contributed by atoms with Crippen LogP contribution in [0.3, 0.4) is 0 Å². The molecule has 0 spiro atoms. The summed E-state index contributed by atoms with van der Waals surface area (Å²) in [5.74, 6) is 4.34. The Morgan fingerprint density at radius 1 is 0.745 bits per heavy atom. The smallest absolute Gasteiger partial charge is 0.165 e. The standard InChI is InChI=1S/C48H62N4O3/c1-9-13-18-34(11-3)26-37-27-41(37)38-22-23-39(45(53)31(38)6)44-33(8)48(52-28-30(5)43(51-52)36-20-16-15-17-21-36)50-47(49-44)40-24-25-42(32(7)46(40)54)55-29-35(12-4)19-14-10-2/h15-17,20-25,28,34-35,37,41,53-54H,9-14,18-19,26-27,29H2,1-8H3. The lowest BCUT2D eigenvalue weighted by atomic mass is 9.91. The molecule has 0 radical (unpaired) electrons. The highest BCUT2D eigenvalue weighted by Gasteiger charge is 2.40. The number of aromatic hydroxyl groups is 2. The number of rotatable bonds is 18. The van der Waals surface area contributed by atoms with E-state index in [-0.39, 0.29) is 11.5 Å². The Hall–Kier alpha value is -4.65. The fourth-order valence-electron chi connectivity index (χ4n) is 8.29. The maximum absolute atomic E-state index is 11.9. The second kappa shape index (κ2) is 17.9. The van der Waals surface area contributed by atoms with Gasteiger partial charge in [0.05, 0.1) is 23.6 Å². The summed E-state index contributed by atoms with van der Waals surface area (Å²) in [4.78, 5) is 10.2. The molecule has 5 aromatic rings. The monoisotopic (exact) mass is 742 g/mol. The van der Waals surface area contributed by atoms with Crippen molar-refractivity contribution in [1.82, 2.24) is 19.7 Å². The van der Waals surface area contributed by atoms with E-state index in [1.807, 2.05) is 63.4 Å². The van der Waals surface area contributed by atoms with E-state index in [0.717, 1.165) is 53.1 Å². The summed E-state index contributed by atoms with van der Waals surface area (Å²) in [7, 11) is 0. The van der Waals surface area contributed by atoms with E-state index in [4.69, 9.17) is 19.8 Å². The highest BCUT2D eigenvalue weighted by atomic mass is 16.5. The minimum absolute atomic E-state index is 0.0846. The Labute approximate surface area is 329 Å². The Balaban J connectivity index is 1.40. The molecule has 3 aromatic carbocycles. The summed E-state index contributed by atoms with van der Waals surface area (Å²) in [6.07, 6.45) is 14.0. The fraction of sp³-hybridized carbons (Fsp3) is 0.479. The third-order valence-corrected chi connectivity index (χ3v) is 12.2. The second-order valence-corrected chi connectivity index (χ2v) is 16.1. The molecule has 55 heavy (non-hydrogen) atoms. The average Bonchev–Trinajstić information content (AvgIpc) is 3.85. The van der Waals surface area contributed by atoms with E-state index in [2.05, 4.69) is 52.8 Å². The molecule has 0 aliphatic heterocycles. The molecule has 1 fully saturated rings. The molecule has 1 aliphatic rings. The maximum atomic E-state index is 11.9. The molecule has 292 valence electrons. The van der Waals surface area contributed by atoms with E-state index < -0.39 is 0 Å². The SMILES string of the molecule is CCCCC(CC)COc1ccc(-c2nc(-c3ccc(C4CC4CC(CC)CCCC)c(C)c3O)c(C)c(-n3cc(C)c(-c4ccccc4)n3)n2)c(O)c1C. The number of unbranched alkanes of at least 4 members (excludes halogenated alkanes) is 2. The number of phenolic OH excluding ortho intramolecular Hbond substituents is 2. The Bertz CT molecular complexity index is 2070. The topological polar surface area (TPSA) is 93.3 Å². The molecule has 7 nitrogen and oxygen atoms in total.